The zero-order chi connectivity index (χ0) is 27.1. The average molecular weight is 530 g/mol. The summed E-state index contributed by atoms with van der Waals surface area (Å²) in [6.45, 7) is 3.67. The second-order valence-corrected chi connectivity index (χ2v) is 12.3. The van der Waals surface area contributed by atoms with E-state index in [1.165, 1.54) is 5.56 Å². The fraction of sp³-hybridized carbons (Fsp3) is 0.516. The van der Waals surface area contributed by atoms with Crippen molar-refractivity contribution in [3.63, 3.8) is 0 Å². The number of hydrogen-bond acceptors (Lipinski definition) is 6. The van der Waals surface area contributed by atoms with E-state index < -0.39 is 6.04 Å². The number of aryl methyl sites for hydroxylation is 1. The molecule has 2 bridgehead atoms. The van der Waals surface area contributed by atoms with Gasteiger partial charge in [-0.2, -0.15) is 0 Å². The summed E-state index contributed by atoms with van der Waals surface area (Å²) in [5.41, 5.74) is 4.26. The highest BCUT2D eigenvalue weighted by Gasteiger charge is 2.67. The first kappa shape index (κ1) is 24.6. The van der Waals surface area contributed by atoms with Gasteiger partial charge in [-0.05, 0) is 68.3 Å². The molecule has 2 unspecified atom stereocenters. The lowest BCUT2D eigenvalue weighted by Gasteiger charge is -2.60. The van der Waals surface area contributed by atoms with Crippen molar-refractivity contribution in [2.45, 2.75) is 68.7 Å². The Morgan fingerprint density at radius 3 is 2.92 bits per heavy atom. The van der Waals surface area contributed by atoms with E-state index in [0.717, 1.165) is 55.5 Å². The topological polar surface area (TPSA) is 96.2 Å². The monoisotopic (exact) mass is 529 g/mol. The Hall–Kier alpha value is -3.39. The number of carbonyl (C=O) groups is 1. The number of nitrogens with zero attached hydrogens (tertiary/aromatic N) is 3. The molecule has 39 heavy (non-hydrogen) atoms. The highest BCUT2D eigenvalue weighted by Crippen LogP contribution is 2.64. The molecule has 2 saturated carbocycles. The number of aromatic hydroxyl groups is 1. The summed E-state index contributed by atoms with van der Waals surface area (Å²) >= 11 is 0. The summed E-state index contributed by atoms with van der Waals surface area (Å²) in [6.07, 6.45) is 7.51. The van der Waals surface area contributed by atoms with E-state index in [0.29, 0.717) is 24.1 Å². The van der Waals surface area contributed by atoms with Crippen molar-refractivity contribution in [1.29, 1.82) is 0 Å². The predicted octanol–water partition coefficient (Wildman–Crippen LogP) is 3.95. The molecule has 3 aliphatic carbocycles. The van der Waals surface area contributed by atoms with Crippen LogP contribution in [0.1, 0.15) is 47.9 Å². The summed E-state index contributed by atoms with van der Waals surface area (Å²) in [5, 5.41) is 22.2. The number of rotatable bonds is 6. The van der Waals surface area contributed by atoms with Crippen LogP contribution in [-0.4, -0.2) is 70.1 Å². The van der Waals surface area contributed by atoms with E-state index in [1.807, 2.05) is 49.2 Å². The van der Waals surface area contributed by atoms with E-state index in [4.69, 9.17) is 4.74 Å². The van der Waals surface area contributed by atoms with Gasteiger partial charge in [0.05, 0.1) is 6.04 Å². The molecule has 5 aliphatic rings. The SMILES string of the molecule is Cc1cccc(C=CC(=O)N(C)[C@H]2CC[C@H]3[C@H]4Cc5ccc(O)c6c5[C@@]3(CCN4CC3CC3[N+](=O)[O-])[C@H]2O6)c1. The molecule has 2 aromatic carbocycles. The summed E-state index contributed by atoms with van der Waals surface area (Å²) < 4.78 is 6.67. The first-order valence-electron chi connectivity index (χ1n) is 14.2. The molecule has 1 amide bonds. The molecule has 0 radical (unpaired) electrons. The van der Waals surface area contributed by atoms with Crippen molar-refractivity contribution in [2.75, 3.05) is 20.1 Å². The van der Waals surface area contributed by atoms with Crippen LogP contribution in [0.25, 0.3) is 6.08 Å². The van der Waals surface area contributed by atoms with Crippen molar-refractivity contribution in [3.8, 4) is 11.5 Å². The molecule has 1 spiro atoms. The molecule has 204 valence electrons. The molecular formula is C31H35N3O5. The third-order valence-corrected chi connectivity index (χ3v) is 10.3. The van der Waals surface area contributed by atoms with Gasteiger partial charge in [0.2, 0.25) is 11.9 Å². The molecule has 1 saturated heterocycles. The van der Waals surface area contributed by atoms with Gasteiger partial charge in [-0.3, -0.25) is 19.8 Å². The zero-order valence-corrected chi connectivity index (χ0v) is 22.5. The molecule has 1 N–H and O–H groups in total. The standard InChI is InChI=1S/C31H35N3O5/c1-18-4-3-5-19(14-18)6-11-27(36)32(2)23-9-8-22-25-15-20-7-10-26(35)29-28(20)31(22,30(23)39-29)12-13-33(25)17-21-16-24(21)34(37)38/h3-7,10-11,14,21-25,30,35H,8-9,12-13,15-17H2,1-2H3/t21?,22-,23-,24?,25+,30-,31-/m0/s1. The molecule has 8 nitrogen and oxygen atoms in total. The summed E-state index contributed by atoms with van der Waals surface area (Å²) in [5.74, 6) is 1.21. The van der Waals surface area contributed by atoms with E-state index >= 15 is 0 Å². The maximum atomic E-state index is 13.4. The van der Waals surface area contributed by atoms with Crippen LogP contribution in [0.3, 0.4) is 0 Å². The first-order chi connectivity index (χ1) is 18.8. The minimum absolute atomic E-state index is 0.0512. The zero-order valence-electron chi connectivity index (χ0n) is 22.5. The third kappa shape index (κ3) is 3.71. The number of piperidine rings is 1. The molecule has 7 atom stereocenters. The lowest BCUT2D eigenvalue weighted by atomic mass is 9.51. The number of phenolic OH excluding ortho intramolecular Hbond substituents is 1. The van der Waals surface area contributed by atoms with Crippen LogP contribution in [-0.2, 0) is 16.6 Å². The Labute approximate surface area is 228 Å². The van der Waals surface area contributed by atoms with Gasteiger partial charge >= 0.3 is 0 Å². The lowest BCUT2D eigenvalue weighted by molar-refractivity contribution is -0.498. The van der Waals surface area contributed by atoms with Crippen LogP contribution >= 0.6 is 0 Å². The fourth-order valence-electron chi connectivity index (χ4n) is 8.43. The van der Waals surface area contributed by atoms with Crippen LogP contribution in [0.15, 0.2) is 42.5 Å². The Kier molecular flexibility index (Phi) is 5.57. The molecule has 2 aromatic rings. The maximum Gasteiger partial charge on any atom is 0.246 e. The quantitative estimate of drug-likeness (QED) is 0.346. The van der Waals surface area contributed by atoms with Crippen molar-refractivity contribution in [3.05, 3.63) is 74.8 Å². The molecule has 2 aliphatic heterocycles. The minimum atomic E-state index is -0.397. The van der Waals surface area contributed by atoms with Crippen LogP contribution in [0.5, 0.6) is 11.5 Å². The van der Waals surface area contributed by atoms with Crippen LogP contribution in [0, 0.1) is 28.9 Å². The Bertz CT molecular complexity index is 1390. The molecule has 2 heterocycles. The number of likely N-dealkylation sites (N-methyl/N-ethyl adjacent to an activating group) is 1. The smallest absolute Gasteiger partial charge is 0.246 e. The Balaban J connectivity index is 1.19. The summed E-state index contributed by atoms with van der Waals surface area (Å²) in [4.78, 5) is 28.9. The van der Waals surface area contributed by atoms with Gasteiger partial charge in [0.1, 0.15) is 6.10 Å². The summed E-state index contributed by atoms with van der Waals surface area (Å²) in [7, 11) is 1.87. The lowest BCUT2D eigenvalue weighted by Crippen LogP contribution is -2.69. The number of hydrogen-bond donors (Lipinski definition) is 1. The third-order valence-electron chi connectivity index (χ3n) is 10.3. The second kappa shape index (κ2) is 8.81. The van der Waals surface area contributed by atoms with Gasteiger partial charge in [-0.15, -0.1) is 0 Å². The number of benzene rings is 2. The van der Waals surface area contributed by atoms with Crippen LogP contribution in [0.4, 0.5) is 0 Å². The average Bonchev–Trinajstić information content (AvgIpc) is 3.61. The molecule has 3 fully saturated rings. The maximum absolute atomic E-state index is 13.4. The van der Waals surface area contributed by atoms with Gasteiger partial charge < -0.3 is 14.7 Å². The first-order valence-corrected chi connectivity index (χ1v) is 14.2. The van der Waals surface area contributed by atoms with Crippen molar-refractivity contribution < 1.29 is 19.6 Å². The highest BCUT2D eigenvalue weighted by molar-refractivity contribution is 5.92. The van der Waals surface area contributed by atoms with Crippen molar-refractivity contribution in [1.82, 2.24) is 9.80 Å². The molecule has 0 aromatic heterocycles. The van der Waals surface area contributed by atoms with Gasteiger partial charge in [-0.1, -0.05) is 35.9 Å². The normalized spacial score (nSPS) is 33.9. The largest absolute Gasteiger partial charge is 0.504 e. The van der Waals surface area contributed by atoms with Crippen molar-refractivity contribution in [2.24, 2.45) is 11.8 Å². The Morgan fingerprint density at radius 1 is 1.31 bits per heavy atom. The van der Waals surface area contributed by atoms with E-state index in [9.17, 15) is 20.0 Å². The molecule has 8 heteroatoms. The fourth-order valence-corrected chi connectivity index (χ4v) is 8.43. The number of carbonyl (C=O) groups excluding carboxylic acids is 1. The number of ether oxygens (including phenoxy) is 1. The summed E-state index contributed by atoms with van der Waals surface area (Å²) in [6, 6.07) is 11.6. The second-order valence-electron chi connectivity index (χ2n) is 12.3. The number of amides is 1. The molecular weight excluding hydrogens is 494 g/mol. The predicted molar refractivity (Wildman–Crippen MR) is 146 cm³/mol. The van der Waals surface area contributed by atoms with Gasteiger partial charge in [-0.25, -0.2) is 0 Å². The van der Waals surface area contributed by atoms with Gasteiger partial charge in [0, 0.05) is 54.0 Å². The molecule has 7 rings (SSSR count). The van der Waals surface area contributed by atoms with Crippen molar-refractivity contribution >= 4 is 12.0 Å². The van der Waals surface area contributed by atoms with Crippen LogP contribution < -0.4 is 4.74 Å². The van der Waals surface area contributed by atoms with Gasteiger partial charge in [0.15, 0.2) is 11.5 Å². The Morgan fingerprint density at radius 2 is 2.15 bits per heavy atom. The highest BCUT2D eigenvalue weighted by atomic mass is 16.6. The number of nitro groups is 1. The number of likely N-dealkylation sites (tertiary alicyclic amines) is 1. The van der Waals surface area contributed by atoms with Gasteiger partial charge in [0.25, 0.3) is 0 Å². The van der Waals surface area contributed by atoms with E-state index in [-0.39, 0.29) is 40.1 Å². The van der Waals surface area contributed by atoms with E-state index in [2.05, 4.69) is 11.0 Å². The minimum Gasteiger partial charge on any atom is -0.504 e. The number of phenols is 1. The van der Waals surface area contributed by atoms with E-state index in [1.54, 1.807) is 12.1 Å². The van der Waals surface area contributed by atoms with Crippen LogP contribution in [0.2, 0.25) is 0 Å².